The van der Waals surface area contributed by atoms with Crippen molar-refractivity contribution in [2.45, 2.75) is 0 Å². The molecule has 0 atom stereocenters. The Morgan fingerprint density at radius 2 is 1.82 bits per heavy atom. The zero-order chi connectivity index (χ0) is 20.1. The summed E-state index contributed by atoms with van der Waals surface area (Å²) in [5.74, 6) is 1.07. The molecule has 0 spiro atoms. The first-order valence-corrected chi connectivity index (χ1v) is 9.48. The number of thiocarbonyl (C=S) groups is 1. The SMILES string of the molecule is CN1C(=O)/C(=C\c2cccc(OCCOc3ccc([N+](=O)[O-])cc3)c2)SC1=S. The van der Waals surface area contributed by atoms with Gasteiger partial charge in [-0.05, 0) is 35.9 Å². The highest BCUT2D eigenvalue weighted by atomic mass is 32.2. The zero-order valence-corrected chi connectivity index (χ0v) is 16.5. The minimum absolute atomic E-state index is 0.0143. The predicted octanol–water partition coefficient (Wildman–Crippen LogP) is 3.88. The van der Waals surface area contributed by atoms with Crippen molar-refractivity contribution in [3.63, 3.8) is 0 Å². The molecule has 1 amide bonds. The van der Waals surface area contributed by atoms with E-state index in [1.165, 1.54) is 28.8 Å². The molecule has 7 nitrogen and oxygen atoms in total. The van der Waals surface area contributed by atoms with Crippen molar-refractivity contribution >= 4 is 46.0 Å². The van der Waals surface area contributed by atoms with E-state index in [0.29, 0.717) is 27.3 Å². The number of non-ortho nitro benzene ring substituents is 1. The molecule has 2 aromatic carbocycles. The summed E-state index contributed by atoms with van der Waals surface area (Å²) in [6.45, 7) is 0.591. The maximum Gasteiger partial charge on any atom is 0.269 e. The van der Waals surface area contributed by atoms with Crippen LogP contribution in [0.3, 0.4) is 0 Å². The zero-order valence-electron chi connectivity index (χ0n) is 14.9. The molecule has 0 aliphatic carbocycles. The number of rotatable bonds is 7. The fraction of sp³-hybridized carbons (Fsp3) is 0.158. The Labute approximate surface area is 171 Å². The van der Waals surface area contributed by atoms with Crippen LogP contribution in [-0.4, -0.2) is 40.3 Å². The third-order valence-corrected chi connectivity index (χ3v) is 5.30. The normalized spacial score (nSPS) is 15.2. The Morgan fingerprint density at radius 1 is 1.14 bits per heavy atom. The van der Waals surface area contributed by atoms with E-state index in [2.05, 4.69) is 0 Å². The van der Waals surface area contributed by atoms with E-state index in [4.69, 9.17) is 21.7 Å². The molecule has 9 heteroatoms. The highest BCUT2D eigenvalue weighted by molar-refractivity contribution is 8.26. The van der Waals surface area contributed by atoms with Crippen LogP contribution >= 0.6 is 24.0 Å². The summed E-state index contributed by atoms with van der Waals surface area (Å²) >= 11 is 6.39. The van der Waals surface area contributed by atoms with Crippen LogP contribution in [0.25, 0.3) is 6.08 Å². The van der Waals surface area contributed by atoms with E-state index >= 15 is 0 Å². The Hall–Kier alpha value is -2.91. The molecule has 1 heterocycles. The number of hydrogen-bond donors (Lipinski definition) is 0. The summed E-state index contributed by atoms with van der Waals surface area (Å²) in [4.78, 5) is 24.3. The lowest BCUT2D eigenvalue weighted by Gasteiger charge is -2.09. The smallest absolute Gasteiger partial charge is 0.269 e. The van der Waals surface area contributed by atoms with Crippen LogP contribution in [0, 0.1) is 10.1 Å². The van der Waals surface area contributed by atoms with Crippen molar-refractivity contribution in [2.24, 2.45) is 0 Å². The molecule has 1 aliphatic heterocycles. The highest BCUT2D eigenvalue weighted by Gasteiger charge is 2.28. The van der Waals surface area contributed by atoms with Gasteiger partial charge in [-0.15, -0.1) is 0 Å². The standard InChI is InChI=1S/C19H16N2O5S2/c1-20-18(22)17(28-19(20)27)12-13-3-2-4-16(11-13)26-10-9-25-15-7-5-14(6-8-15)21(23)24/h2-8,11-12H,9-10H2,1H3/b17-12+. The van der Waals surface area contributed by atoms with E-state index in [9.17, 15) is 14.9 Å². The number of thioether (sulfide) groups is 1. The van der Waals surface area contributed by atoms with Gasteiger partial charge in [0.15, 0.2) is 0 Å². The fourth-order valence-electron chi connectivity index (χ4n) is 2.37. The molecular weight excluding hydrogens is 400 g/mol. The quantitative estimate of drug-likeness (QED) is 0.223. The number of hydrogen-bond acceptors (Lipinski definition) is 7. The number of nitro benzene ring substituents is 1. The molecule has 0 N–H and O–H groups in total. The van der Waals surface area contributed by atoms with Crippen LogP contribution in [0.1, 0.15) is 5.56 Å². The van der Waals surface area contributed by atoms with Crippen molar-refractivity contribution in [2.75, 3.05) is 20.3 Å². The number of amides is 1. The van der Waals surface area contributed by atoms with Crippen LogP contribution in [-0.2, 0) is 4.79 Å². The van der Waals surface area contributed by atoms with Gasteiger partial charge in [0.2, 0.25) is 0 Å². The lowest BCUT2D eigenvalue weighted by Crippen LogP contribution is -2.22. The molecule has 0 aromatic heterocycles. The molecule has 0 unspecified atom stereocenters. The topological polar surface area (TPSA) is 81.9 Å². The maximum absolute atomic E-state index is 12.1. The molecule has 0 bridgehead atoms. The van der Waals surface area contributed by atoms with E-state index in [1.54, 1.807) is 25.3 Å². The number of carbonyl (C=O) groups is 1. The third kappa shape index (κ3) is 4.87. The molecular formula is C19H16N2O5S2. The van der Waals surface area contributed by atoms with Crippen LogP contribution < -0.4 is 9.47 Å². The molecule has 1 saturated heterocycles. The van der Waals surface area contributed by atoms with Crippen molar-refractivity contribution in [1.82, 2.24) is 4.90 Å². The average molecular weight is 416 g/mol. The number of nitrogens with zero attached hydrogens (tertiary/aromatic N) is 2. The van der Waals surface area contributed by atoms with Crippen molar-refractivity contribution < 1.29 is 19.2 Å². The van der Waals surface area contributed by atoms with Crippen molar-refractivity contribution in [1.29, 1.82) is 0 Å². The second-order valence-corrected chi connectivity index (χ2v) is 7.44. The highest BCUT2D eigenvalue weighted by Crippen LogP contribution is 2.31. The van der Waals surface area contributed by atoms with E-state index in [0.717, 1.165) is 5.56 Å². The van der Waals surface area contributed by atoms with Gasteiger partial charge >= 0.3 is 0 Å². The van der Waals surface area contributed by atoms with Crippen molar-refractivity contribution in [3.05, 3.63) is 69.1 Å². The number of likely N-dealkylation sites (N-methyl/N-ethyl adjacent to an activating group) is 1. The summed E-state index contributed by atoms with van der Waals surface area (Å²) in [5, 5.41) is 10.6. The monoisotopic (exact) mass is 416 g/mol. The first kappa shape index (κ1) is 19.8. The van der Waals surface area contributed by atoms with E-state index < -0.39 is 4.92 Å². The first-order chi connectivity index (χ1) is 13.4. The largest absolute Gasteiger partial charge is 0.490 e. The molecule has 28 heavy (non-hydrogen) atoms. The van der Waals surface area contributed by atoms with Gasteiger partial charge in [0, 0.05) is 19.2 Å². The summed E-state index contributed by atoms with van der Waals surface area (Å²) < 4.78 is 11.7. The summed E-state index contributed by atoms with van der Waals surface area (Å²) in [5.41, 5.74) is 0.850. The van der Waals surface area contributed by atoms with Gasteiger partial charge in [0.1, 0.15) is 29.0 Å². The van der Waals surface area contributed by atoms with E-state index in [-0.39, 0.29) is 18.2 Å². The fourth-order valence-corrected chi connectivity index (χ4v) is 3.55. The molecule has 1 fully saturated rings. The number of nitro groups is 1. The third-order valence-electron chi connectivity index (χ3n) is 3.81. The average Bonchev–Trinajstić information content (AvgIpc) is 2.92. The molecule has 0 radical (unpaired) electrons. The number of carbonyl (C=O) groups excluding carboxylic acids is 1. The van der Waals surface area contributed by atoms with Gasteiger partial charge < -0.3 is 9.47 Å². The molecule has 1 aliphatic rings. The maximum atomic E-state index is 12.1. The minimum Gasteiger partial charge on any atom is -0.490 e. The summed E-state index contributed by atoms with van der Waals surface area (Å²) in [6.07, 6.45) is 1.78. The molecule has 3 rings (SSSR count). The molecule has 144 valence electrons. The lowest BCUT2D eigenvalue weighted by molar-refractivity contribution is -0.384. The van der Waals surface area contributed by atoms with Gasteiger partial charge in [-0.3, -0.25) is 19.8 Å². The predicted molar refractivity (Wildman–Crippen MR) is 111 cm³/mol. The van der Waals surface area contributed by atoms with Gasteiger partial charge in [-0.2, -0.15) is 0 Å². The van der Waals surface area contributed by atoms with Gasteiger partial charge in [-0.1, -0.05) is 36.1 Å². The van der Waals surface area contributed by atoms with Crippen molar-refractivity contribution in [3.8, 4) is 11.5 Å². The first-order valence-electron chi connectivity index (χ1n) is 8.26. The second kappa shape index (κ2) is 8.85. The second-order valence-electron chi connectivity index (χ2n) is 5.76. The van der Waals surface area contributed by atoms with Gasteiger partial charge in [-0.25, -0.2) is 0 Å². The Kier molecular flexibility index (Phi) is 6.27. The van der Waals surface area contributed by atoms with Crippen LogP contribution in [0.4, 0.5) is 5.69 Å². The van der Waals surface area contributed by atoms with Crippen LogP contribution in [0.15, 0.2) is 53.4 Å². The van der Waals surface area contributed by atoms with Crippen LogP contribution in [0.5, 0.6) is 11.5 Å². The summed E-state index contributed by atoms with van der Waals surface area (Å²) in [6, 6.07) is 13.2. The Morgan fingerprint density at radius 3 is 2.43 bits per heavy atom. The Balaban J connectivity index is 1.53. The summed E-state index contributed by atoms with van der Waals surface area (Å²) in [7, 11) is 1.66. The van der Waals surface area contributed by atoms with Gasteiger partial charge in [0.05, 0.1) is 9.83 Å². The van der Waals surface area contributed by atoms with E-state index in [1.807, 2.05) is 24.3 Å². The number of ether oxygens (including phenoxy) is 2. The van der Waals surface area contributed by atoms with Gasteiger partial charge in [0.25, 0.3) is 11.6 Å². The molecule has 0 saturated carbocycles. The van der Waals surface area contributed by atoms with Crippen LogP contribution in [0.2, 0.25) is 0 Å². The molecule has 2 aromatic rings. The minimum atomic E-state index is -0.460. The number of benzene rings is 2. The lowest BCUT2D eigenvalue weighted by atomic mass is 10.2. The Bertz CT molecular complexity index is 944.